The van der Waals surface area contributed by atoms with E-state index in [1.807, 2.05) is 45.0 Å². The fraction of sp³-hybridized carbons (Fsp3) is 0.296. The first-order valence-electron chi connectivity index (χ1n) is 11.6. The Bertz CT molecular complexity index is 1270. The standard InChI is InChI=1S/C27H30N2O5S/c1-4-33-21-14-16-22(17-15-21)35(31,32)29(20-10-6-5-7-11-20)19-26(30)28-24-18-27(2,3)34-25-13-9-8-12-23(24)25/h5-17,24H,4,18-19H2,1-3H3,(H,28,30). The van der Waals surface area contributed by atoms with Gasteiger partial charge in [0.1, 0.15) is 23.6 Å². The Morgan fingerprint density at radius 1 is 1.03 bits per heavy atom. The Morgan fingerprint density at radius 3 is 2.37 bits per heavy atom. The highest BCUT2D eigenvalue weighted by molar-refractivity contribution is 7.92. The van der Waals surface area contributed by atoms with E-state index in [1.165, 1.54) is 12.1 Å². The predicted octanol–water partition coefficient (Wildman–Crippen LogP) is 4.70. The normalized spacial score (nSPS) is 16.5. The van der Waals surface area contributed by atoms with Crippen molar-refractivity contribution in [2.24, 2.45) is 0 Å². The average Bonchev–Trinajstić information content (AvgIpc) is 2.83. The van der Waals surface area contributed by atoms with Crippen LogP contribution in [0.4, 0.5) is 5.69 Å². The SMILES string of the molecule is CCOc1ccc(S(=O)(=O)N(CC(=O)NC2CC(C)(C)Oc3ccccc32)c2ccccc2)cc1. The van der Waals surface area contributed by atoms with Gasteiger partial charge in [-0.3, -0.25) is 9.10 Å². The molecule has 0 fully saturated rings. The molecular formula is C27H30N2O5S. The van der Waals surface area contributed by atoms with Gasteiger partial charge in [-0.05, 0) is 63.2 Å². The van der Waals surface area contributed by atoms with Crippen molar-refractivity contribution < 1.29 is 22.7 Å². The average molecular weight is 495 g/mol. The largest absolute Gasteiger partial charge is 0.494 e. The Labute approximate surface area is 206 Å². The lowest BCUT2D eigenvalue weighted by Gasteiger charge is -2.38. The predicted molar refractivity (Wildman–Crippen MR) is 135 cm³/mol. The van der Waals surface area contributed by atoms with Crippen LogP contribution in [0.25, 0.3) is 0 Å². The number of anilines is 1. The molecule has 1 aliphatic heterocycles. The number of amides is 1. The van der Waals surface area contributed by atoms with Gasteiger partial charge in [-0.25, -0.2) is 8.42 Å². The molecule has 0 bridgehead atoms. The van der Waals surface area contributed by atoms with E-state index in [9.17, 15) is 13.2 Å². The van der Waals surface area contributed by atoms with Gasteiger partial charge in [-0.1, -0.05) is 36.4 Å². The van der Waals surface area contributed by atoms with Gasteiger partial charge in [0.05, 0.1) is 23.2 Å². The van der Waals surface area contributed by atoms with Crippen LogP contribution in [-0.2, 0) is 14.8 Å². The highest BCUT2D eigenvalue weighted by atomic mass is 32.2. The maximum absolute atomic E-state index is 13.6. The molecule has 1 aliphatic rings. The maximum Gasteiger partial charge on any atom is 0.264 e. The van der Waals surface area contributed by atoms with Crippen LogP contribution in [0.15, 0.2) is 83.8 Å². The van der Waals surface area contributed by atoms with Crippen LogP contribution in [-0.4, -0.2) is 33.1 Å². The van der Waals surface area contributed by atoms with E-state index in [-0.39, 0.29) is 17.5 Å². The summed E-state index contributed by atoms with van der Waals surface area (Å²) in [5, 5.41) is 3.04. The van der Waals surface area contributed by atoms with Crippen LogP contribution in [0.2, 0.25) is 0 Å². The summed E-state index contributed by atoms with van der Waals surface area (Å²) in [6, 6.07) is 22.1. The molecule has 1 unspecified atom stereocenters. The summed E-state index contributed by atoms with van der Waals surface area (Å²) < 4.78 is 39.8. The molecule has 1 amide bonds. The molecule has 3 aromatic rings. The number of rotatable bonds is 8. The lowest BCUT2D eigenvalue weighted by Crippen LogP contribution is -2.45. The van der Waals surface area contributed by atoms with Crippen molar-refractivity contribution in [3.8, 4) is 11.5 Å². The number of hydrogen-bond acceptors (Lipinski definition) is 5. The van der Waals surface area contributed by atoms with Gasteiger partial charge in [-0.15, -0.1) is 0 Å². The van der Waals surface area contributed by atoms with E-state index in [0.717, 1.165) is 15.6 Å². The second-order valence-corrected chi connectivity index (χ2v) is 10.8. The van der Waals surface area contributed by atoms with Gasteiger partial charge < -0.3 is 14.8 Å². The minimum Gasteiger partial charge on any atom is -0.494 e. The molecule has 8 heteroatoms. The lowest BCUT2D eigenvalue weighted by molar-refractivity contribution is -0.120. The van der Waals surface area contributed by atoms with Gasteiger partial charge >= 0.3 is 0 Å². The fourth-order valence-corrected chi connectivity index (χ4v) is 5.63. The summed E-state index contributed by atoms with van der Waals surface area (Å²) in [5.41, 5.74) is 0.810. The van der Waals surface area contributed by atoms with Gasteiger partial charge in [0.2, 0.25) is 5.91 Å². The van der Waals surface area contributed by atoms with Crippen molar-refractivity contribution in [2.75, 3.05) is 17.5 Å². The van der Waals surface area contributed by atoms with Crippen molar-refractivity contribution in [1.29, 1.82) is 0 Å². The first-order chi connectivity index (χ1) is 16.7. The fourth-order valence-electron chi connectivity index (χ4n) is 4.21. The number of fused-ring (bicyclic) bond motifs is 1. The molecular weight excluding hydrogens is 464 g/mol. The zero-order valence-corrected chi connectivity index (χ0v) is 20.9. The summed E-state index contributed by atoms with van der Waals surface area (Å²) >= 11 is 0. The highest BCUT2D eigenvalue weighted by Gasteiger charge is 2.35. The van der Waals surface area contributed by atoms with Crippen LogP contribution >= 0.6 is 0 Å². The molecule has 184 valence electrons. The number of nitrogens with zero attached hydrogens (tertiary/aromatic N) is 1. The molecule has 1 heterocycles. The minimum atomic E-state index is -4.01. The van der Waals surface area contributed by atoms with E-state index >= 15 is 0 Å². The maximum atomic E-state index is 13.6. The van der Waals surface area contributed by atoms with Gasteiger partial charge in [0.15, 0.2) is 0 Å². The smallest absolute Gasteiger partial charge is 0.264 e. The minimum absolute atomic E-state index is 0.0788. The summed E-state index contributed by atoms with van der Waals surface area (Å²) in [7, 11) is -4.01. The summed E-state index contributed by atoms with van der Waals surface area (Å²) in [6.45, 7) is 5.91. The number of sulfonamides is 1. The van der Waals surface area contributed by atoms with Crippen molar-refractivity contribution in [2.45, 2.75) is 43.7 Å². The van der Waals surface area contributed by atoms with Crippen molar-refractivity contribution >= 4 is 21.6 Å². The van der Waals surface area contributed by atoms with Crippen LogP contribution in [0, 0.1) is 0 Å². The number of para-hydroxylation sites is 2. The van der Waals surface area contributed by atoms with Crippen LogP contribution in [0.1, 0.15) is 38.8 Å². The molecule has 0 saturated heterocycles. The van der Waals surface area contributed by atoms with E-state index < -0.39 is 21.5 Å². The molecule has 35 heavy (non-hydrogen) atoms. The molecule has 7 nitrogen and oxygen atoms in total. The second kappa shape index (κ2) is 10.00. The van der Waals surface area contributed by atoms with E-state index in [0.29, 0.717) is 24.5 Å². The number of carbonyl (C=O) groups excluding carboxylic acids is 1. The molecule has 3 aromatic carbocycles. The Morgan fingerprint density at radius 2 is 1.69 bits per heavy atom. The Hall–Kier alpha value is -3.52. The van der Waals surface area contributed by atoms with Crippen LogP contribution < -0.4 is 19.1 Å². The third kappa shape index (κ3) is 5.59. The van der Waals surface area contributed by atoms with E-state index in [4.69, 9.17) is 9.47 Å². The summed E-state index contributed by atoms with van der Waals surface area (Å²) in [4.78, 5) is 13.3. The Balaban J connectivity index is 1.61. The van der Waals surface area contributed by atoms with Crippen molar-refractivity contribution in [1.82, 2.24) is 5.32 Å². The lowest BCUT2D eigenvalue weighted by atomic mass is 9.89. The van der Waals surface area contributed by atoms with Crippen molar-refractivity contribution in [3.05, 3.63) is 84.4 Å². The molecule has 4 rings (SSSR count). The third-order valence-electron chi connectivity index (χ3n) is 5.77. The first kappa shape index (κ1) is 24.6. The van der Waals surface area contributed by atoms with E-state index in [2.05, 4.69) is 5.32 Å². The molecule has 1 atom stereocenters. The summed E-state index contributed by atoms with van der Waals surface area (Å²) in [5.74, 6) is 0.896. The second-order valence-electron chi connectivity index (χ2n) is 8.98. The van der Waals surface area contributed by atoms with Crippen LogP contribution in [0.5, 0.6) is 11.5 Å². The zero-order chi connectivity index (χ0) is 25.1. The number of carbonyl (C=O) groups is 1. The molecule has 1 N–H and O–H groups in total. The quantitative estimate of drug-likeness (QED) is 0.491. The van der Waals surface area contributed by atoms with Crippen LogP contribution in [0.3, 0.4) is 0 Å². The summed E-state index contributed by atoms with van der Waals surface area (Å²) in [6.07, 6.45) is 0.562. The molecule has 0 aliphatic carbocycles. The van der Waals surface area contributed by atoms with Crippen molar-refractivity contribution in [3.63, 3.8) is 0 Å². The Kier molecular flexibility index (Phi) is 7.03. The monoisotopic (exact) mass is 494 g/mol. The number of benzene rings is 3. The molecule has 0 aromatic heterocycles. The highest BCUT2D eigenvalue weighted by Crippen LogP contribution is 2.39. The van der Waals surface area contributed by atoms with Gasteiger partial charge in [0.25, 0.3) is 10.0 Å². The van der Waals surface area contributed by atoms with E-state index in [1.54, 1.807) is 42.5 Å². The molecule has 0 radical (unpaired) electrons. The number of nitrogens with one attached hydrogen (secondary N) is 1. The number of ether oxygens (including phenoxy) is 2. The molecule has 0 spiro atoms. The number of hydrogen-bond donors (Lipinski definition) is 1. The van der Waals surface area contributed by atoms with Gasteiger partial charge in [-0.2, -0.15) is 0 Å². The van der Waals surface area contributed by atoms with Gasteiger partial charge in [0, 0.05) is 12.0 Å². The molecule has 0 saturated carbocycles. The zero-order valence-electron chi connectivity index (χ0n) is 20.1. The first-order valence-corrected chi connectivity index (χ1v) is 13.0. The topological polar surface area (TPSA) is 84.9 Å². The third-order valence-corrected chi connectivity index (χ3v) is 7.55.